The molecule has 134 valence electrons. The van der Waals surface area contributed by atoms with Gasteiger partial charge >= 0.3 is 0 Å². The Morgan fingerprint density at radius 3 is 2.50 bits per heavy atom. The number of hydrogen-bond donors (Lipinski definition) is 1. The van der Waals surface area contributed by atoms with E-state index in [0.29, 0.717) is 16.3 Å². The molecule has 0 spiro atoms. The SMILES string of the molecule is O=C(NC1CCCCCC1)c1ccc2noc(-c3ccc(Cl)cc3)c2c1. The Bertz CT molecular complexity index is 909. The quantitative estimate of drug-likeness (QED) is 0.612. The molecule has 0 aliphatic heterocycles. The monoisotopic (exact) mass is 368 g/mol. The third-order valence-electron chi connectivity index (χ3n) is 5.04. The molecule has 1 aliphatic rings. The molecule has 0 unspecified atom stereocenters. The molecule has 3 aromatic rings. The molecule has 1 heterocycles. The van der Waals surface area contributed by atoms with E-state index in [9.17, 15) is 4.79 Å². The van der Waals surface area contributed by atoms with Crippen LogP contribution >= 0.6 is 11.6 Å². The molecule has 0 saturated heterocycles. The van der Waals surface area contributed by atoms with Gasteiger partial charge in [-0.05, 0) is 55.3 Å². The van der Waals surface area contributed by atoms with Crippen LogP contribution in [-0.2, 0) is 0 Å². The lowest BCUT2D eigenvalue weighted by molar-refractivity contribution is 0.0933. The molecule has 1 aromatic heterocycles. The fourth-order valence-electron chi connectivity index (χ4n) is 3.58. The van der Waals surface area contributed by atoms with Gasteiger partial charge in [-0.2, -0.15) is 0 Å². The van der Waals surface area contributed by atoms with Crippen molar-refractivity contribution in [2.45, 2.75) is 44.6 Å². The van der Waals surface area contributed by atoms with Crippen molar-refractivity contribution in [1.29, 1.82) is 0 Å². The molecule has 5 heteroatoms. The van der Waals surface area contributed by atoms with Crippen molar-refractivity contribution < 1.29 is 9.32 Å². The molecule has 0 radical (unpaired) electrons. The van der Waals surface area contributed by atoms with Crippen LogP contribution in [0.15, 0.2) is 47.0 Å². The highest BCUT2D eigenvalue weighted by molar-refractivity contribution is 6.30. The highest BCUT2D eigenvalue weighted by atomic mass is 35.5. The summed E-state index contributed by atoms with van der Waals surface area (Å²) in [5.41, 5.74) is 2.26. The second kappa shape index (κ2) is 7.50. The summed E-state index contributed by atoms with van der Waals surface area (Å²) >= 11 is 5.96. The summed E-state index contributed by atoms with van der Waals surface area (Å²) in [4.78, 5) is 12.7. The number of fused-ring (bicyclic) bond motifs is 1. The van der Waals surface area contributed by atoms with Crippen LogP contribution in [-0.4, -0.2) is 17.1 Å². The number of amides is 1. The number of halogens is 1. The molecule has 1 aliphatic carbocycles. The van der Waals surface area contributed by atoms with Gasteiger partial charge in [0.1, 0.15) is 5.52 Å². The van der Waals surface area contributed by atoms with E-state index in [2.05, 4.69) is 10.5 Å². The smallest absolute Gasteiger partial charge is 0.251 e. The summed E-state index contributed by atoms with van der Waals surface area (Å²) in [7, 11) is 0. The van der Waals surface area contributed by atoms with Gasteiger partial charge in [0.15, 0.2) is 5.76 Å². The van der Waals surface area contributed by atoms with Crippen LogP contribution in [0.2, 0.25) is 5.02 Å². The maximum absolute atomic E-state index is 12.7. The summed E-state index contributed by atoms with van der Waals surface area (Å²) < 4.78 is 5.52. The van der Waals surface area contributed by atoms with E-state index in [1.807, 2.05) is 42.5 Å². The third-order valence-corrected chi connectivity index (χ3v) is 5.29. The van der Waals surface area contributed by atoms with Crippen molar-refractivity contribution >= 4 is 28.4 Å². The van der Waals surface area contributed by atoms with Gasteiger partial charge in [-0.1, -0.05) is 42.4 Å². The minimum atomic E-state index is -0.0259. The molecule has 1 amide bonds. The van der Waals surface area contributed by atoms with E-state index in [1.165, 1.54) is 25.7 Å². The molecule has 1 N–H and O–H groups in total. The van der Waals surface area contributed by atoms with E-state index in [-0.39, 0.29) is 11.9 Å². The lowest BCUT2D eigenvalue weighted by Crippen LogP contribution is -2.34. The van der Waals surface area contributed by atoms with Gasteiger partial charge in [0.05, 0.1) is 5.39 Å². The van der Waals surface area contributed by atoms with Crippen molar-refractivity contribution in [2.75, 3.05) is 0 Å². The zero-order chi connectivity index (χ0) is 17.9. The molecule has 1 saturated carbocycles. The standard InChI is InChI=1S/C21H21ClN2O2/c22-16-10-7-14(8-11-16)20-18-13-15(9-12-19(18)24-26-20)21(25)23-17-5-3-1-2-4-6-17/h7-13,17H,1-6H2,(H,23,25). The third kappa shape index (κ3) is 3.61. The highest BCUT2D eigenvalue weighted by Gasteiger charge is 2.18. The number of hydrogen-bond acceptors (Lipinski definition) is 3. The topological polar surface area (TPSA) is 55.1 Å². The Hall–Kier alpha value is -2.33. The average Bonchev–Trinajstić information content (AvgIpc) is 2.90. The van der Waals surface area contributed by atoms with E-state index >= 15 is 0 Å². The first-order chi connectivity index (χ1) is 12.7. The minimum absolute atomic E-state index is 0.0259. The van der Waals surface area contributed by atoms with Crippen molar-refractivity contribution in [2.24, 2.45) is 0 Å². The summed E-state index contributed by atoms with van der Waals surface area (Å²) in [5.74, 6) is 0.628. The van der Waals surface area contributed by atoms with Crippen LogP contribution in [0.5, 0.6) is 0 Å². The molecule has 0 atom stereocenters. The Kier molecular flexibility index (Phi) is 4.93. The largest absolute Gasteiger partial charge is 0.355 e. The van der Waals surface area contributed by atoms with Crippen molar-refractivity contribution in [1.82, 2.24) is 10.5 Å². The highest BCUT2D eigenvalue weighted by Crippen LogP contribution is 2.30. The maximum Gasteiger partial charge on any atom is 0.251 e. The van der Waals surface area contributed by atoms with Gasteiger partial charge in [0.2, 0.25) is 0 Å². The molecular formula is C21H21ClN2O2. The first kappa shape index (κ1) is 17.1. The average molecular weight is 369 g/mol. The normalized spacial score (nSPS) is 15.7. The first-order valence-electron chi connectivity index (χ1n) is 9.17. The van der Waals surface area contributed by atoms with Crippen LogP contribution in [0.1, 0.15) is 48.9 Å². The van der Waals surface area contributed by atoms with Crippen LogP contribution in [0.25, 0.3) is 22.2 Å². The number of rotatable bonds is 3. The van der Waals surface area contributed by atoms with Gasteiger partial charge in [-0.25, -0.2) is 0 Å². The number of benzene rings is 2. The Morgan fingerprint density at radius 1 is 1.04 bits per heavy atom. The number of nitrogens with one attached hydrogen (secondary N) is 1. The second-order valence-corrected chi connectivity index (χ2v) is 7.35. The molecule has 2 aromatic carbocycles. The molecule has 26 heavy (non-hydrogen) atoms. The van der Waals surface area contributed by atoms with E-state index in [0.717, 1.165) is 29.3 Å². The van der Waals surface area contributed by atoms with Crippen molar-refractivity contribution in [3.05, 3.63) is 53.1 Å². The molecular weight excluding hydrogens is 348 g/mol. The predicted octanol–water partition coefficient (Wildman–Crippen LogP) is 5.60. The zero-order valence-electron chi connectivity index (χ0n) is 14.5. The first-order valence-corrected chi connectivity index (χ1v) is 9.55. The van der Waals surface area contributed by atoms with Crippen molar-refractivity contribution in [3.8, 4) is 11.3 Å². The molecule has 0 bridgehead atoms. The van der Waals surface area contributed by atoms with Crippen molar-refractivity contribution in [3.63, 3.8) is 0 Å². The summed E-state index contributed by atoms with van der Waals surface area (Å²) in [5, 5.41) is 8.80. The van der Waals surface area contributed by atoms with Crippen LogP contribution in [0, 0.1) is 0 Å². The van der Waals surface area contributed by atoms with E-state index in [1.54, 1.807) is 0 Å². The lowest BCUT2D eigenvalue weighted by Gasteiger charge is -2.16. The van der Waals surface area contributed by atoms with Gasteiger partial charge in [0, 0.05) is 22.2 Å². The summed E-state index contributed by atoms with van der Waals surface area (Å²) in [6.07, 6.45) is 7.05. The predicted molar refractivity (Wildman–Crippen MR) is 103 cm³/mol. The number of carbonyl (C=O) groups excluding carboxylic acids is 1. The minimum Gasteiger partial charge on any atom is -0.355 e. The van der Waals surface area contributed by atoms with Crippen LogP contribution in [0.4, 0.5) is 0 Å². The lowest BCUT2D eigenvalue weighted by atomic mass is 10.0. The van der Waals surface area contributed by atoms with E-state index in [4.69, 9.17) is 16.1 Å². The fourth-order valence-corrected chi connectivity index (χ4v) is 3.71. The number of carbonyl (C=O) groups is 1. The molecule has 1 fully saturated rings. The van der Waals surface area contributed by atoms with E-state index < -0.39 is 0 Å². The Balaban J connectivity index is 1.61. The van der Waals surface area contributed by atoms with Gasteiger partial charge < -0.3 is 9.84 Å². The van der Waals surface area contributed by atoms with Gasteiger partial charge in [0.25, 0.3) is 5.91 Å². The van der Waals surface area contributed by atoms with Crippen LogP contribution in [0.3, 0.4) is 0 Å². The number of nitrogens with zero attached hydrogens (tertiary/aromatic N) is 1. The molecule has 4 nitrogen and oxygen atoms in total. The Labute approximate surface area is 157 Å². The molecule has 4 rings (SSSR count). The van der Waals surface area contributed by atoms with Gasteiger partial charge in [-0.3, -0.25) is 4.79 Å². The Morgan fingerprint density at radius 2 is 1.77 bits per heavy atom. The number of aromatic nitrogens is 1. The fraction of sp³-hybridized carbons (Fsp3) is 0.333. The summed E-state index contributed by atoms with van der Waals surface area (Å²) in [6, 6.07) is 13.2. The zero-order valence-corrected chi connectivity index (χ0v) is 15.3. The maximum atomic E-state index is 12.7. The van der Waals surface area contributed by atoms with Crippen LogP contribution < -0.4 is 5.32 Å². The second-order valence-electron chi connectivity index (χ2n) is 6.91. The van der Waals surface area contributed by atoms with Gasteiger partial charge in [-0.15, -0.1) is 0 Å². The summed E-state index contributed by atoms with van der Waals surface area (Å²) in [6.45, 7) is 0.